The van der Waals surface area contributed by atoms with Crippen LogP contribution < -0.4 is 0 Å². The number of rotatable bonds is 3. The summed E-state index contributed by atoms with van der Waals surface area (Å²) in [7, 11) is 0. The molecule has 1 heterocycles. The van der Waals surface area contributed by atoms with Gasteiger partial charge in [-0.3, -0.25) is 0 Å². The van der Waals surface area contributed by atoms with Gasteiger partial charge in [-0.25, -0.2) is 16.5 Å². The van der Waals surface area contributed by atoms with E-state index in [0.29, 0.717) is 6.54 Å². The van der Waals surface area contributed by atoms with E-state index in [1.54, 1.807) is 0 Å². The standard InChI is InChI=1S/C9H11N3S/c1-7-6-8(4-5-10-2)12-9(11-7)13-3/h6H,4-5H2,1,3H3. The Hall–Kier alpha value is -1.08. The minimum Gasteiger partial charge on any atom is -0.317 e. The van der Waals surface area contributed by atoms with Gasteiger partial charge in [0.15, 0.2) is 5.16 Å². The molecule has 0 saturated carbocycles. The molecule has 0 spiro atoms. The van der Waals surface area contributed by atoms with Gasteiger partial charge in [-0.15, -0.1) is 0 Å². The van der Waals surface area contributed by atoms with Gasteiger partial charge in [-0.1, -0.05) is 11.8 Å². The Kier molecular flexibility index (Phi) is 3.71. The average Bonchev–Trinajstić information content (AvgIpc) is 2.14. The largest absolute Gasteiger partial charge is 0.317 e. The van der Waals surface area contributed by atoms with Gasteiger partial charge in [0.1, 0.15) is 0 Å². The third-order valence-electron chi connectivity index (χ3n) is 1.55. The second-order valence-electron chi connectivity index (χ2n) is 2.62. The van der Waals surface area contributed by atoms with Crippen molar-refractivity contribution in [2.45, 2.75) is 18.5 Å². The third kappa shape index (κ3) is 3.03. The highest BCUT2D eigenvalue weighted by Gasteiger charge is 2.01. The van der Waals surface area contributed by atoms with E-state index in [2.05, 4.69) is 14.8 Å². The molecule has 1 aromatic heterocycles. The molecule has 68 valence electrons. The lowest BCUT2D eigenvalue weighted by Gasteiger charge is -2.00. The minimum atomic E-state index is 0.504. The van der Waals surface area contributed by atoms with Crippen LogP contribution in [0.1, 0.15) is 11.4 Å². The van der Waals surface area contributed by atoms with Crippen LogP contribution in [0, 0.1) is 13.5 Å². The Labute approximate surface area is 82.4 Å². The number of hydrogen-bond donors (Lipinski definition) is 0. The van der Waals surface area contributed by atoms with Gasteiger partial charge < -0.3 is 4.85 Å². The Morgan fingerprint density at radius 1 is 1.54 bits per heavy atom. The smallest absolute Gasteiger partial charge is 0.220 e. The van der Waals surface area contributed by atoms with Crippen molar-refractivity contribution in [2.24, 2.45) is 0 Å². The van der Waals surface area contributed by atoms with Crippen molar-refractivity contribution in [1.29, 1.82) is 0 Å². The number of thioether (sulfide) groups is 1. The van der Waals surface area contributed by atoms with E-state index in [-0.39, 0.29) is 0 Å². The lowest BCUT2D eigenvalue weighted by Crippen LogP contribution is -1.97. The first-order valence-electron chi connectivity index (χ1n) is 3.98. The van der Waals surface area contributed by atoms with E-state index in [4.69, 9.17) is 6.57 Å². The van der Waals surface area contributed by atoms with E-state index in [9.17, 15) is 0 Å². The van der Waals surface area contributed by atoms with Gasteiger partial charge in [0.05, 0.1) is 12.1 Å². The zero-order valence-corrected chi connectivity index (χ0v) is 8.56. The van der Waals surface area contributed by atoms with E-state index in [1.165, 1.54) is 11.8 Å². The Morgan fingerprint density at radius 2 is 2.31 bits per heavy atom. The van der Waals surface area contributed by atoms with Gasteiger partial charge >= 0.3 is 0 Å². The van der Waals surface area contributed by atoms with E-state index < -0.39 is 0 Å². The quantitative estimate of drug-likeness (QED) is 0.417. The molecule has 0 atom stereocenters. The van der Waals surface area contributed by atoms with Crippen molar-refractivity contribution < 1.29 is 0 Å². The monoisotopic (exact) mass is 193 g/mol. The van der Waals surface area contributed by atoms with Gasteiger partial charge in [0.2, 0.25) is 6.54 Å². The molecule has 1 rings (SSSR count). The van der Waals surface area contributed by atoms with Crippen molar-refractivity contribution in [3.63, 3.8) is 0 Å². The molecule has 3 nitrogen and oxygen atoms in total. The van der Waals surface area contributed by atoms with Crippen LogP contribution in [0.2, 0.25) is 0 Å². The summed E-state index contributed by atoms with van der Waals surface area (Å²) in [5.74, 6) is 0. The third-order valence-corrected chi connectivity index (χ3v) is 2.10. The summed E-state index contributed by atoms with van der Waals surface area (Å²) in [6.07, 6.45) is 2.67. The van der Waals surface area contributed by atoms with Crippen LogP contribution in [0.3, 0.4) is 0 Å². The van der Waals surface area contributed by atoms with Crippen molar-refractivity contribution in [1.82, 2.24) is 9.97 Å². The van der Waals surface area contributed by atoms with Gasteiger partial charge in [-0.2, -0.15) is 0 Å². The fourth-order valence-corrected chi connectivity index (χ4v) is 1.44. The zero-order valence-electron chi connectivity index (χ0n) is 7.74. The molecule has 0 aliphatic rings. The summed E-state index contributed by atoms with van der Waals surface area (Å²) in [4.78, 5) is 11.8. The van der Waals surface area contributed by atoms with Gasteiger partial charge in [-0.05, 0) is 19.2 Å². The van der Waals surface area contributed by atoms with Crippen LogP contribution in [0.15, 0.2) is 11.2 Å². The molecule has 0 N–H and O–H groups in total. The molecular formula is C9H11N3S. The molecule has 0 aliphatic heterocycles. The summed E-state index contributed by atoms with van der Waals surface area (Å²) in [6, 6.07) is 1.94. The van der Waals surface area contributed by atoms with Crippen LogP contribution in [-0.4, -0.2) is 22.8 Å². The summed E-state index contributed by atoms with van der Waals surface area (Å²) in [5.41, 5.74) is 1.94. The molecule has 0 unspecified atom stereocenters. The van der Waals surface area contributed by atoms with Crippen molar-refractivity contribution >= 4 is 11.8 Å². The number of nitrogens with zero attached hydrogens (tertiary/aromatic N) is 3. The maximum absolute atomic E-state index is 6.68. The number of aryl methyl sites for hydroxylation is 1. The van der Waals surface area contributed by atoms with Crippen LogP contribution >= 0.6 is 11.8 Å². The maximum Gasteiger partial charge on any atom is 0.220 e. The van der Waals surface area contributed by atoms with Crippen LogP contribution in [0.5, 0.6) is 0 Å². The summed E-state index contributed by atoms with van der Waals surface area (Å²) < 4.78 is 0. The molecule has 0 fully saturated rings. The number of hydrogen-bond acceptors (Lipinski definition) is 3. The first kappa shape index (κ1) is 10.0. The highest BCUT2D eigenvalue weighted by molar-refractivity contribution is 7.98. The fourth-order valence-electron chi connectivity index (χ4n) is 0.994. The van der Waals surface area contributed by atoms with E-state index in [0.717, 1.165) is 23.0 Å². The van der Waals surface area contributed by atoms with Gasteiger partial charge in [0, 0.05) is 5.69 Å². The highest BCUT2D eigenvalue weighted by atomic mass is 32.2. The SMILES string of the molecule is [C-]#[N+]CCc1cc(C)nc(SC)n1. The first-order chi connectivity index (χ1) is 6.26. The average molecular weight is 193 g/mol. The van der Waals surface area contributed by atoms with Crippen LogP contribution in [0.25, 0.3) is 4.85 Å². The Balaban J connectivity index is 2.83. The molecule has 1 aromatic rings. The maximum atomic E-state index is 6.68. The summed E-state index contributed by atoms with van der Waals surface area (Å²) in [5, 5.41) is 0.792. The highest BCUT2D eigenvalue weighted by Crippen LogP contribution is 2.10. The lowest BCUT2D eigenvalue weighted by atomic mass is 10.3. The minimum absolute atomic E-state index is 0.504. The molecule has 0 bridgehead atoms. The van der Waals surface area contributed by atoms with E-state index >= 15 is 0 Å². The molecule has 4 heteroatoms. The predicted octanol–water partition coefficient (Wildman–Crippen LogP) is 1.97. The topological polar surface area (TPSA) is 30.1 Å². The normalized spacial score (nSPS) is 9.62. The van der Waals surface area contributed by atoms with Gasteiger partial charge in [0.25, 0.3) is 0 Å². The Morgan fingerprint density at radius 3 is 2.92 bits per heavy atom. The van der Waals surface area contributed by atoms with Crippen LogP contribution in [-0.2, 0) is 6.42 Å². The zero-order chi connectivity index (χ0) is 9.68. The molecule has 13 heavy (non-hydrogen) atoms. The lowest BCUT2D eigenvalue weighted by molar-refractivity contribution is 0.860. The molecule has 0 aliphatic carbocycles. The second-order valence-corrected chi connectivity index (χ2v) is 3.39. The van der Waals surface area contributed by atoms with Crippen molar-refractivity contribution in [3.05, 3.63) is 28.9 Å². The molecule has 0 radical (unpaired) electrons. The summed E-state index contributed by atoms with van der Waals surface area (Å²) >= 11 is 1.53. The predicted molar refractivity (Wildman–Crippen MR) is 53.7 cm³/mol. The van der Waals surface area contributed by atoms with Crippen molar-refractivity contribution in [3.8, 4) is 0 Å². The second kappa shape index (κ2) is 4.83. The molecule has 0 aromatic carbocycles. The van der Waals surface area contributed by atoms with E-state index in [1.807, 2.05) is 19.2 Å². The molecular weight excluding hydrogens is 182 g/mol. The number of aromatic nitrogens is 2. The van der Waals surface area contributed by atoms with Crippen LogP contribution in [0.4, 0.5) is 0 Å². The molecule has 0 saturated heterocycles. The van der Waals surface area contributed by atoms with Crippen molar-refractivity contribution in [2.75, 3.05) is 12.8 Å². The fraction of sp³-hybridized carbons (Fsp3) is 0.444. The summed E-state index contributed by atoms with van der Waals surface area (Å²) in [6.45, 7) is 9.13. The molecule has 0 amide bonds. The first-order valence-corrected chi connectivity index (χ1v) is 5.20. The Bertz CT molecular complexity index is 330.